The second kappa shape index (κ2) is 4.40. The molecule has 0 aliphatic heterocycles. The van der Waals surface area contributed by atoms with Crippen LogP contribution in [0.15, 0.2) is 30.1 Å². The first kappa shape index (κ1) is 9.45. The molecule has 0 unspecified atom stereocenters. The normalized spacial score (nSPS) is 11.3. The van der Waals surface area contributed by atoms with Crippen molar-refractivity contribution in [2.45, 2.75) is 13.3 Å². The van der Waals surface area contributed by atoms with Gasteiger partial charge in [-0.1, -0.05) is 6.92 Å². The Hall–Kier alpha value is -1.64. The zero-order valence-corrected chi connectivity index (χ0v) is 7.40. The standard InChI is InChI=1S/C10H11NO2/c1-2-9(10(12)13)7-8-3-5-11-6-4-8/h3-7H,2H2,1H3,(H,12,13)/b9-7+. The van der Waals surface area contributed by atoms with Gasteiger partial charge >= 0.3 is 5.97 Å². The summed E-state index contributed by atoms with van der Waals surface area (Å²) in [5, 5.41) is 8.75. The highest BCUT2D eigenvalue weighted by Crippen LogP contribution is 2.08. The van der Waals surface area contributed by atoms with Gasteiger partial charge in [0.05, 0.1) is 0 Å². The highest BCUT2D eigenvalue weighted by atomic mass is 16.4. The highest BCUT2D eigenvalue weighted by Gasteiger charge is 2.03. The average molecular weight is 177 g/mol. The molecule has 1 rings (SSSR count). The van der Waals surface area contributed by atoms with Crippen LogP contribution in [0.3, 0.4) is 0 Å². The second-order valence-corrected chi connectivity index (χ2v) is 2.61. The van der Waals surface area contributed by atoms with Crippen molar-refractivity contribution in [3.8, 4) is 0 Å². The molecule has 0 spiro atoms. The lowest BCUT2D eigenvalue weighted by molar-refractivity contribution is -0.132. The zero-order valence-electron chi connectivity index (χ0n) is 7.40. The minimum absolute atomic E-state index is 0.409. The molecule has 0 atom stereocenters. The van der Waals surface area contributed by atoms with E-state index in [1.54, 1.807) is 30.6 Å². The summed E-state index contributed by atoms with van der Waals surface area (Å²) in [4.78, 5) is 14.5. The summed E-state index contributed by atoms with van der Waals surface area (Å²) >= 11 is 0. The number of hydrogen-bond donors (Lipinski definition) is 1. The molecule has 0 saturated carbocycles. The molecule has 1 aromatic heterocycles. The summed E-state index contributed by atoms with van der Waals surface area (Å²) in [6.07, 6.45) is 5.46. The molecule has 0 bridgehead atoms. The van der Waals surface area contributed by atoms with E-state index in [4.69, 9.17) is 5.11 Å². The van der Waals surface area contributed by atoms with Crippen LogP contribution in [0.1, 0.15) is 18.9 Å². The largest absolute Gasteiger partial charge is 0.478 e. The van der Waals surface area contributed by atoms with Crippen molar-refractivity contribution in [3.05, 3.63) is 35.7 Å². The van der Waals surface area contributed by atoms with Crippen molar-refractivity contribution in [1.82, 2.24) is 4.98 Å². The molecule has 1 N–H and O–H groups in total. The Bertz CT molecular complexity index is 317. The summed E-state index contributed by atoms with van der Waals surface area (Å²) in [5.74, 6) is -0.862. The molecule has 0 amide bonds. The summed E-state index contributed by atoms with van der Waals surface area (Å²) in [6, 6.07) is 3.55. The van der Waals surface area contributed by atoms with Crippen LogP contribution < -0.4 is 0 Å². The number of aliphatic carboxylic acids is 1. The van der Waals surface area contributed by atoms with E-state index in [9.17, 15) is 4.79 Å². The molecule has 1 heterocycles. The van der Waals surface area contributed by atoms with Crippen LogP contribution in [0.25, 0.3) is 6.08 Å². The molecule has 0 fully saturated rings. The van der Waals surface area contributed by atoms with E-state index < -0.39 is 5.97 Å². The quantitative estimate of drug-likeness (QED) is 0.718. The molecular weight excluding hydrogens is 166 g/mol. The minimum atomic E-state index is -0.862. The minimum Gasteiger partial charge on any atom is -0.478 e. The topological polar surface area (TPSA) is 50.2 Å². The Morgan fingerprint density at radius 2 is 2.15 bits per heavy atom. The van der Waals surface area contributed by atoms with E-state index in [-0.39, 0.29) is 0 Å². The maximum Gasteiger partial charge on any atom is 0.331 e. The van der Waals surface area contributed by atoms with Gasteiger partial charge < -0.3 is 5.11 Å². The summed E-state index contributed by atoms with van der Waals surface area (Å²) in [5.41, 5.74) is 1.28. The molecule has 68 valence electrons. The maximum absolute atomic E-state index is 10.7. The van der Waals surface area contributed by atoms with E-state index in [1.165, 1.54) is 0 Å². The fraction of sp³-hybridized carbons (Fsp3) is 0.200. The Kier molecular flexibility index (Phi) is 3.20. The molecule has 3 heteroatoms. The van der Waals surface area contributed by atoms with Crippen LogP contribution in [-0.2, 0) is 4.79 Å². The van der Waals surface area contributed by atoms with Gasteiger partial charge in [-0.05, 0) is 30.2 Å². The second-order valence-electron chi connectivity index (χ2n) is 2.61. The molecule has 1 aromatic rings. The van der Waals surface area contributed by atoms with Crippen LogP contribution >= 0.6 is 0 Å². The molecule has 13 heavy (non-hydrogen) atoms. The number of pyridine rings is 1. The van der Waals surface area contributed by atoms with Crippen molar-refractivity contribution in [3.63, 3.8) is 0 Å². The number of rotatable bonds is 3. The average Bonchev–Trinajstić information content (AvgIpc) is 2.15. The van der Waals surface area contributed by atoms with Gasteiger partial charge in [-0.2, -0.15) is 0 Å². The van der Waals surface area contributed by atoms with E-state index in [2.05, 4.69) is 4.98 Å². The Morgan fingerprint density at radius 3 is 2.62 bits per heavy atom. The monoisotopic (exact) mass is 177 g/mol. The van der Waals surface area contributed by atoms with E-state index in [0.717, 1.165) is 5.56 Å². The molecule has 0 saturated heterocycles. The van der Waals surface area contributed by atoms with Crippen LogP contribution in [0.2, 0.25) is 0 Å². The number of aromatic nitrogens is 1. The van der Waals surface area contributed by atoms with Crippen LogP contribution in [0, 0.1) is 0 Å². The van der Waals surface area contributed by atoms with Crippen molar-refractivity contribution in [2.75, 3.05) is 0 Å². The molecule has 0 aliphatic rings. The summed E-state index contributed by atoms with van der Waals surface area (Å²) in [6.45, 7) is 1.82. The predicted octanol–water partition coefficient (Wildman–Crippen LogP) is 1.96. The van der Waals surface area contributed by atoms with E-state index in [0.29, 0.717) is 12.0 Å². The predicted molar refractivity (Wildman–Crippen MR) is 50.1 cm³/mol. The lowest BCUT2D eigenvalue weighted by Crippen LogP contribution is -1.98. The first-order chi connectivity index (χ1) is 6.24. The van der Waals surface area contributed by atoms with Gasteiger partial charge in [-0.3, -0.25) is 4.98 Å². The van der Waals surface area contributed by atoms with Crippen molar-refractivity contribution < 1.29 is 9.90 Å². The van der Waals surface area contributed by atoms with Gasteiger partial charge in [0.25, 0.3) is 0 Å². The lowest BCUT2D eigenvalue weighted by atomic mass is 10.1. The number of nitrogens with zero attached hydrogens (tertiary/aromatic N) is 1. The van der Waals surface area contributed by atoms with Gasteiger partial charge in [0.1, 0.15) is 0 Å². The van der Waals surface area contributed by atoms with Gasteiger partial charge in [0.2, 0.25) is 0 Å². The third kappa shape index (κ3) is 2.71. The summed E-state index contributed by atoms with van der Waals surface area (Å²) < 4.78 is 0. The number of carboxylic acids is 1. The Balaban J connectivity index is 2.92. The molecule has 3 nitrogen and oxygen atoms in total. The fourth-order valence-corrected chi connectivity index (χ4v) is 0.976. The molecule has 0 aromatic carbocycles. The zero-order chi connectivity index (χ0) is 9.68. The van der Waals surface area contributed by atoms with Gasteiger partial charge in [0.15, 0.2) is 0 Å². The lowest BCUT2D eigenvalue weighted by Gasteiger charge is -1.97. The third-order valence-corrected chi connectivity index (χ3v) is 1.70. The van der Waals surface area contributed by atoms with Gasteiger partial charge in [0, 0.05) is 18.0 Å². The fourth-order valence-electron chi connectivity index (χ4n) is 0.976. The van der Waals surface area contributed by atoms with Crippen LogP contribution in [0.5, 0.6) is 0 Å². The van der Waals surface area contributed by atoms with E-state index in [1.807, 2.05) is 6.92 Å². The Morgan fingerprint density at radius 1 is 1.54 bits per heavy atom. The maximum atomic E-state index is 10.7. The highest BCUT2D eigenvalue weighted by molar-refractivity contribution is 5.91. The van der Waals surface area contributed by atoms with Crippen molar-refractivity contribution in [1.29, 1.82) is 0 Å². The molecule has 0 aliphatic carbocycles. The number of carboxylic acid groups (broad SMARTS) is 1. The number of hydrogen-bond acceptors (Lipinski definition) is 2. The smallest absolute Gasteiger partial charge is 0.331 e. The first-order valence-corrected chi connectivity index (χ1v) is 4.08. The van der Waals surface area contributed by atoms with Crippen molar-refractivity contribution in [2.24, 2.45) is 0 Å². The van der Waals surface area contributed by atoms with Gasteiger partial charge in [-0.15, -0.1) is 0 Å². The van der Waals surface area contributed by atoms with E-state index >= 15 is 0 Å². The van der Waals surface area contributed by atoms with Crippen LogP contribution in [0.4, 0.5) is 0 Å². The van der Waals surface area contributed by atoms with Crippen LogP contribution in [-0.4, -0.2) is 16.1 Å². The third-order valence-electron chi connectivity index (χ3n) is 1.70. The molecular formula is C10H11NO2. The summed E-state index contributed by atoms with van der Waals surface area (Å²) in [7, 11) is 0. The SMILES string of the molecule is CC/C(=C\c1ccncc1)C(=O)O. The van der Waals surface area contributed by atoms with Crippen molar-refractivity contribution >= 4 is 12.0 Å². The molecule has 0 radical (unpaired) electrons. The first-order valence-electron chi connectivity index (χ1n) is 4.08. The number of carbonyl (C=O) groups is 1. The Labute approximate surface area is 76.7 Å². The van der Waals surface area contributed by atoms with Gasteiger partial charge in [-0.25, -0.2) is 4.79 Å².